The summed E-state index contributed by atoms with van der Waals surface area (Å²) in [6.07, 6.45) is 1.49. The molecule has 94 valence electrons. The zero-order valence-electron chi connectivity index (χ0n) is 9.88. The lowest BCUT2D eigenvalue weighted by atomic mass is 10.3. The molecule has 5 heteroatoms. The van der Waals surface area contributed by atoms with Crippen LogP contribution in [0.5, 0.6) is 0 Å². The van der Waals surface area contributed by atoms with Crippen LogP contribution in [0.3, 0.4) is 0 Å². The van der Waals surface area contributed by atoms with Crippen LogP contribution < -0.4 is 5.73 Å². The topological polar surface area (TPSA) is 65.5 Å². The van der Waals surface area contributed by atoms with E-state index >= 15 is 0 Å². The molecular weight excluding hydrogens is 250 g/mol. The van der Waals surface area contributed by atoms with Crippen LogP contribution in [0.4, 0.5) is 5.69 Å². The molecule has 0 saturated heterocycles. The summed E-state index contributed by atoms with van der Waals surface area (Å²) in [5, 5.41) is 0. The second kappa shape index (κ2) is 5.64. The molecule has 1 aromatic heterocycles. The first kappa shape index (κ1) is 12.6. The van der Waals surface area contributed by atoms with E-state index in [2.05, 4.69) is 4.74 Å². The number of thioether (sulfide) groups is 1. The van der Waals surface area contributed by atoms with Gasteiger partial charge in [0.05, 0.1) is 19.1 Å². The molecule has 0 aliphatic heterocycles. The standard InChI is InChI=1S/C13H13NO3S/c1-16-13(15)11-6-7-17-12(11)8-18-10-4-2-9(14)3-5-10/h2-7H,8,14H2,1H3. The molecule has 2 rings (SSSR count). The Hall–Kier alpha value is -1.88. The molecule has 0 bridgehead atoms. The SMILES string of the molecule is COC(=O)c1ccoc1CSc1ccc(N)cc1. The normalized spacial score (nSPS) is 10.3. The van der Waals surface area contributed by atoms with Crippen molar-refractivity contribution in [2.24, 2.45) is 0 Å². The molecule has 0 spiro atoms. The fourth-order valence-corrected chi connectivity index (χ4v) is 2.31. The number of hydrogen-bond acceptors (Lipinski definition) is 5. The van der Waals surface area contributed by atoms with E-state index in [1.165, 1.54) is 13.4 Å². The molecule has 0 saturated carbocycles. The lowest BCUT2D eigenvalue weighted by molar-refractivity contribution is 0.0598. The van der Waals surface area contributed by atoms with E-state index in [-0.39, 0.29) is 5.97 Å². The van der Waals surface area contributed by atoms with Gasteiger partial charge in [-0.15, -0.1) is 11.8 Å². The Morgan fingerprint density at radius 2 is 2.06 bits per heavy atom. The number of methoxy groups -OCH3 is 1. The maximum Gasteiger partial charge on any atom is 0.341 e. The van der Waals surface area contributed by atoms with E-state index in [1.807, 2.05) is 24.3 Å². The molecule has 0 radical (unpaired) electrons. The van der Waals surface area contributed by atoms with Gasteiger partial charge in [-0.05, 0) is 30.3 Å². The third-order valence-electron chi connectivity index (χ3n) is 2.40. The van der Waals surface area contributed by atoms with E-state index in [0.29, 0.717) is 17.1 Å². The van der Waals surface area contributed by atoms with Gasteiger partial charge in [0.1, 0.15) is 11.3 Å². The van der Waals surface area contributed by atoms with Crippen LogP contribution in [0, 0.1) is 0 Å². The minimum Gasteiger partial charge on any atom is -0.468 e. The van der Waals surface area contributed by atoms with Crippen LogP contribution in [0.1, 0.15) is 16.1 Å². The van der Waals surface area contributed by atoms with Crippen molar-refractivity contribution in [1.82, 2.24) is 0 Å². The van der Waals surface area contributed by atoms with Crippen LogP contribution in [-0.4, -0.2) is 13.1 Å². The molecule has 0 atom stereocenters. The Balaban J connectivity index is 2.04. The summed E-state index contributed by atoms with van der Waals surface area (Å²) in [4.78, 5) is 12.5. The third kappa shape index (κ3) is 2.87. The van der Waals surface area contributed by atoms with Gasteiger partial charge in [0, 0.05) is 10.6 Å². The number of benzene rings is 1. The molecule has 2 aromatic rings. The zero-order valence-corrected chi connectivity index (χ0v) is 10.7. The number of furan rings is 1. The van der Waals surface area contributed by atoms with E-state index in [9.17, 15) is 4.79 Å². The van der Waals surface area contributed by atoms with Gasteiger partial charge in [0.15, 0.2) is 0 Å². The smallest absolute Gasteiger partial charge is 0.341 e. The summed E-state index contributed by atoms with van der Waals surface area (Å²) in [6, 6.07) is 9.16. The van der Waals surface area contributed by atoms with Gasteiger partial charge in [-0.25, -0.2) is 4.79 Å². The van der Waals surface area contributed by atoms with Crippen molar-refractivity contribution in [1.29, 1.82) is 0 Å². The highest BCUT2D eigenvalue weighted by atomic mass is 32.2. The van der Waals surface area contributed by atoms with Crippen molar-refractivity contribution in [3.63, 3.8) is 0 Å². The Morgan fingerprint density at radius 3 is 2.72 bits per heavy atom. The predicted molar refractivity (Wildman–Crippen MR) is 70.5 cm³/mol. The maximum absolute atomic E-state index is 11.4. The minimum atomic E-state index is -0.378. The van der Waals surface area contributed by atoms with Crippen molar-refractivity contribution in [2.45, 2.75) is 10.6 Å². The van der Waals surface area contributed by atoms with Crippen LogP contribution >= 0.6 is 11.8 Å². The summed E-state index contributed by atoms with van der Waals surface area (Å²) in [5.41, 5.74) is 6.81. The van der Waals surface area contributed by atoms with Gasteiger partial charge < -0.3 is 14.9 Å². The van der Waals surface area contributed by atoms with Crippen molar-refractivity contribution in [3.8, 4) is 0 Å². The number of nitrogens with two attached hydrogens (primary N) is 1. The zero-order chi connectivity index (χ0) is 13.0. The highest BCUT2D eigenvalue weighted by Crippen LogP contribution is 2.26. The van der Waals surface area contributed by atoms with Gasteiger partial charge >= 0.3 is 5.97 Å². The average molecular weight is 263 g/mol. The molecule has 4 nitrogen and oxygen atoms in total. The highest BCUT2D eigenvalue weighted by molar-refractivity contribution is 7.98. The number of nitrogen functional groups attached to an aromatic ring is 1. The number of ether oxygens (including phenoxy) is 1. The van der Waals surface area contributed by atoms with Crippen LogP contribution in [0.15, 0.2) is 45.9 Å². The predicted octanol–water partition coefficient (Wildman–Crippen LogP) is 2.94. The van der Waals surface area contributed by atoms with Crippen molar-refractivity contribution < 1.29 is 13.9 Å². The Bertz CT molecular complexity index is 533. The van der Waals surface area contributed by atoms with Crippen LogP contribution in [-0.2, 0) is 10.5 Å². The van der Waals surface area contributed by atoms with E-state index in [4.69, 9.17) is 10.2 Å². The van der Waals surface area contributed by atoms with Gasteiger partial charge in [-0.3, -0.25) is 0 Å². The van der Waals surface area contributed by atoms with Gasteiger partial charge in [0.25, 0.3) is 0 Å². The molecule has 1 heterocycles. The third-order valence-corrected chi connectivity index (χ3v) is 3.41. The average Bonchev–Trinajstić information content (AvgIpc) is 2.85. The second-order valence-corrected chi connectivity index (χ2v) is 4.66. The molecule has 0 amide bonds. The Labute approximate surface area is 109 Å². The summed E-state index contributed by atoms with van der Waals surface area (Å²) >= 11 is 1.57. The highest BCUT2D eigenvalue weighted by Gasteiger charge is 2.14. The lowest BCUT2D eigenvalue weighted by Crippen LogP contribution is -2.02. The number of carbonyl (C=O) groups is 1. The van der Waals surface area contributed by atoms with Crippen molar-refractivity contribution in [3.05, 3.63) is 47.9 Å². The van der Waals surface area contributed by atoms with E-state index < -0.39 is 0 Å². The minimum absolute atomic E-state index is 0.378. The van der Waals surface area contributed by atoms with E-state index in [1.54, 1.807) is 17.8 Å². The van der Waals surface area contributed by atoms with Crippen LogP contribution in [0.2, 0.25) is 0 Å². The number of esters is 1. The van der Waals surface area contributed by atoms with Gasteiger partial charge in [-0.2, -0.15) is 0 Å². The molecule has 1 aromatic carbocycles. The number of anilines is 1. The first-order valence-electron chi connectivity index (χ1n) is 5.33. The fourth-order valence-electron chi connectivity index (χ4n) is 1.46. The first-order valence-corrected chi connectivity index (χ1v) is 6.32. The Kier molecular flexibility index (Phi) is 3.94. The largest absolute Gasteiger partial charge is 0.468 e. The molecule has 0 aliphatic carbocycles. The summed E-state index contributed by atoms with van der Waals surface area (Å²) < 4.78 is 9.97. The lowest BCUT2D eigenvalue weighted by Gasteiger charge is -2.02. The summed E-state index contributed by atoms with van der Waals surface area (Å²) in [7, 11) is 1.35. The number of rotatable bonds is 4. The second-order valence-electron chi connectivity index (χ2n) is 3.61. The van der Waals surface area contributed by atoms with Crippen molar-refractivity contribution in [2.75, 3.05) is 12.8 Å². The number of carbonyl (C=O) groups excluding carboxylic acids is 1. The molecule has 0 aliphatic rings. The monoisotopic (exact) mass is 263 g/mol. The molecular formula is C13H13NO3S. The maximum atomic E-state index is 11.4. The first-order chi connectivity index (χ1) is 8.70. The van der Waals surface area contributed by atoms with Gasteiger partial charge in [0.2, 0.25) is 0 Å². The molecule has 0 unspecified atom stereocenters. The summed E-state index contributed by atoms with van der Waals surface area (Å²) in [5.74, 6) is 0.807. The fraction of sp³-hybridized carbons (Fsp3) is 0.154. The van der Waals surface area contributed by atoms with Crippen LogP contribution in [0.25, 0.3) is 0 Å². The van der Waals surface area contributed by atoms with Gasteiger partial charge in [-0.1, -0.05) is 0 Å². The molecule has 0 fully saturated rings. The summed E-state index contributed by atoms with van der Waals surface area (Å²) in [6.45, 7) is 0. The molecule has 18 heavy (non-hydrogen) atoms. The van der Waals surface area contributed by atoms with Crippen molar-refractivity contribution >= 4 is 23.4 Å². The quantitative estimate of drug-likeness (QED) is 0.522. The number of hydrogen-bond donors (Lipinski definition) is 1. The molecule has 2 N–H and O–H groups in total. The Morgan fingerprint density at radius 1 is 1.33 bits per heavy atom. The van der Waals surface area contributed by atoms with E-state index in [0.717, 1.165) is 10.6 Å².